The maximum absolute atomic E-state index is 13.5. The van der Waals surface area contributed by atoms with E-state index in [1.165, 1.54) is 65.3 Å². The van der Waals surface area contributed by atoms with Gasteiger partial charge in [0.25, 0.3) is 11.5 Å². The maximum atomic E-state index is 13.5. The van der Waals surface area contributed by atoms with Crippen LogP contribution in [0, 0.1) is 6.92 Å². The van der Waals surface area contributed by atoms with Crippen LogP contribution in [0.1, 0.15) is 108 Å². The topological polar surface area (TPSA) is 120 Å². The normalized spacial score (nSPS) is 18.2. The van der Waals surface area contributed by atoms with Gasteiger partial charge in [-0.3, -0.25) is 28.6 Å². The maximum Gasteiger partial charge on any atom is 0.323 e. The van der Waals surface area contributed by atoms with Gasteiger partial charge < -0.3 is 15.1 Å². The van der Waals surface area contributed by atoms with Gasteiger partial charge in [-0.2, -0.15) is 0 Å². The highest BCUT2D eigenvalue weighted by Crippen LogP contribution is 2.47. The van der Waals surface area contributed by atoms with E-state index in [0.717, 1.165) is 58.2 Å². The molecular weight excluding hydrogens is 783 g/mol. The lowest BCUT2D eigenvalue weighted by Gasteiger charge is -2.27. The van der Waals surface area contributed by atoms with Crippen molar-refractivity contribution in [1.82, 2.24) is 9.47 Å². The van der Waals surface area contributed by atoms with E-state index in [4.69, 9.17) is 24.2 Å². The molecule has 2 N–H and O–H groups in total. The number of thiazole rings is 1. The second kappa shape index (κ2) is 21.2. The minimum Gasteiger partial charge on any atom is -0.481 e. The third kappa shape index (κ3) is 11.0. The molecule has 2 aliphatic heterocycles. The Kier molecular flexibility index (Phi) is 16.5. The van der Waals surface area contributed by atoms with Crippen molar-refractivity contribution >= 4 is 97.7 Å². The number of aromatic nitrogens is 1. The van der Waals surface area contributed by atoms with Crippen molar-refractivity contribution in [2.45, 2.75) is 114 Å². The molecule has 56 heavy (non-hydrogen) atoms. The summed E-state index contributed by atoms with van der Waals surface area (Å²) in [4.78, 5) is 54.8. The van der Waals surface area contributed by atoms with Gasteiger partial charge >= 0.3 is 11.9 Å². The van der Waals surface area contributed by atoms with E-state index in [9.17, 15) is 24.3 Å². The first-order chi connectivity index (χ1) is 27.0. The zero-order valence-corrected chi connectivity index (χ0v) is 35.4. The van der Waals surface area contributed by atoms with E-state index in [1.54, 1.807) is 12.2 Å². The van der Waals surface area contributed by atoms with Crippen molar-refractivity contribution in [1.29, 1.82) is 0 Å². The van der Waals surface area contributed by atoms with E-state index >= 15 is 0 Å². The number of rotatable bonds is 21. The number of carboxylic acid groups (broad SMARTS) is 2. The number of benzene rings is 2. The van der Waals surface area contributed by atoms with Crippen molar-refractivity contribution in [3.63, 3.8) is 0 Å². The van der Waals surface area contributed by atoms with E-state index in [2.05, 4.69) is 61.2 Å². The third-order valence-electron chi connectivity index (χ3n) is 10.2. The third-order valence-corrected chi connectivity index (χ3v) is 14.0. The van der Waals surface area contributed by atoms with Crippen LogP contribution >= 0.6 is 47.1 Å². The molecule has 298 valence electrons. The molecule has 3 heterocycles. The summed E-state index contributed by atoms with van der Waals surface area (Å²) < 4.78 is 1.94. The van der Waals surface area contributed by atoms with Crippen LogP contribution < -0.4 is 19.7 Å². The molecule has 5 rings (SSSR count). The monoisotopic (exact) mass is 833 g/mol. The number of anilines is 2. The van der Waals surface area contributed by atoms with Crippen molar-refractivity contribution in [3.8, 4) is 0 Å². The smallest absolute Gasteiger partial charge is 0.323 e. The second-order valence-corrected chi connectivity index (χ2v) is 18.0. The van der Waals surface area contributed by atoms with Gasteiger partial charge in [0.1, 0.15) is 20.4 Å². The Hall–Kier alpha value is -3.65. The molecule has 0 saturated carbocycles. The fourth-order valence-corrected chi connectivity index (χ4v) is 10.7. The highest BCUT2D eigenvalue weighted by molar-refractivity contribution is 8.30. The molecule has 1 amide bonds. The number of unbranched alkanes of at least 4 members (excludes halogenated alkanes) is 8. The summed E-state index contributed by atoms with van der Waals surface area (Å²) in [5, 5.41) is 18.5. The van der Waals surface area contributed by atoms with Crippen LogP contribution in [-0.2, 0) is 20.9 Å². The fourth-order valence-electron chi connectivity index (χ4n) is 7.30. The van der Waals surface area contributed by atoms with E-state index in [0.29, 0.717) is 27.6 Å². The number of thiocarbonyl (C=S) groups is 1. The minimum absolute atomic E-state index is 0.0120. The molecule has 1 fully saturated rings. The number of hydrogen-bond donors (Lipinski definition) is 2. The number of allylic oxidation sites excluding steroid dienone is 1. The summed E-state index contributed by atoms with van der Waals surface area (Å²) >= 11 is 9.45. The summed E-state index contributed by atoms with van der Waals surface area (Å²) in [6.07, 6.45) is 16.8. The molecule has 2 unspecified atom stereocenters. The molecule has 0 spiro atoms. The standard InChI is InChI=1S/C43H51N3O6S4/c1-4-6-7-8-9-10-11-14-26-54-32-22-20-31(21-23-32)46-29(3)33(5-2)34-27-30(19-24-35(34)46)16-15-17-36-40(51)45(28-38(49)50)42(55-36)39-41(52)44(43(53)56-39)25-13-12-18-37(47)48/h1,15-17,19-24,27,29,33H,4-14,18,25-26,28H2,2-3H3,(H,47,48)(H,49,50)/b16-15?,36-17?,42-39+. The molecule has 1 saturated heterocycles. The average Bonchev–Trinajstić information content (AvgIpc) is 3.74. The zero-order chi connectivity index (χ0) is 40.2. The Labute approximate surface area is 347 Å². The largest absolute Gasteiger partial charge is 0.481 e. The molecule has 2 aromatic carbocycles. The second-order valence-electron chi connectivity index (χ2n) is 14.1. The van der Waals surface area contributed by atoms with Gasteiger partial charge in [0.15, 0.2) is 0 Å². The van der Waals surface area contributed by atoms with Crippen LogP contribution in [-0.4, -0.2) is 60.2 Å². The molecule has 9 nitrogen and oxygen atoms in total. The fraction of sp³-hybridized carbons (Fsp3) is 0.442. The summed E-state index contributed by atoms with van der Waals surface area (Å²) in [6.45, 7) is 9.74. The van der Waals surface area contributed by atoms with Crippen LogP contribution in [0.3, 0.4) is 0 Å². The van der Waals surface area contributed by atoms with Gasteiger partial charge in [-0.15, -0.1) is 23.1 Å². The summed E-state index contributed by atoms with van der Waals surface area (Å²) in [5.74, 6) is -1.05. The predicted octanol–water partition coefficient (Wildman–Crippen LogP) is 8.67. The lowest BCUT2D eigenvalue weighted by molar-refractivity contribution is -0.138. The van der Waals surface area contributed by atoms with Gasteiger partial charge in [-0.1, -0.05) is 87.6 Å². The summed E-state index contributed by atoms with van der Waals surface area (Å²) in [7, 11) is 0. The molecule has 1 aromatic heterocycles. The number of amides is 1. The lowest BCUT2D eigenvalue weighted by atomic mass is 9.92. The first-order valence-electron chi connectivity index (χ1n) is 19.5. The molecule has 3 aromatic rings. The van der Waals surface area contributed by atoms with E-state index in [-0.39, 0.29) is 28.6 Å². The Balaban J connectivity index is 1.30. The van der Waals surface area contributed by atoms with Crippen molar-refractivity contribution in [2.75, 3.05) is 17.2 Å². The number of carbonyl (C=O) groups excluding carboxylic acids is 1. The Bertz CT molecular complexity index is 2090. The van der Waals surface area contributed by atoms with Gasteiger partial charge in [0.05, 0.1) is 4.53 Å². The Morgan fingerprint density at radius 2 is 1.66 bits per heavy atom. The van der Waals surface area contributed by atoms with Gasteiger partial charge in [-0.05, 0) is 105 Å². The van der Waals surface area contributed by atoms with Crippen molar-refractivity contribution in [3.05, 3.63) is 86.1 Å². The number of hydrogen-bond acceptors (Lipinski definition) is 9. The van der Waals surface area contributed by atoms with Gasteiger partial charge in [-0.25, -0.2) is 0 Å². The molecule has 0 aliphatic carbocycles. The first-order valence-corrected chi connectivity index (χ1v) is 22.5. The molecule has 2 atom stereocenters. The number of aliphatic carboxylic acids is 2. The predicted molar refractivity (Wildman–Crippen MR) is 235 cm³/mol. The van der Waals surface area contributed by atoms with Crippen molar-refractivity contribution in [2.24, 2.45) is 0 Å². The van der Waals surface area contributed by atoms with Crippen LogP contribution in [0.4, 0.5) is 11.4 Å². The van der Waals surface area contributed by atoms with Gasteiger partial charge in [0.2, 0.25) is 0 Å². The number of fused-ring (bicyclic) bond motifs is 1. The molecule has 13 heteroatoms. The number of nitrogens with zero attached hydrogens (tertiary/aromatic N) is 3. The van der Waals surface area contributed by atoms with E-state index in [1.807, 2.05) is 17.8 Å². The molecule has 2 aliphatic rings. The highest BCUT2D eigenvalue weighted by atomic mass is 32.2. The summed E-state index contributed by atoms with van der Waals surface area (Å²) in [5.41, 5.74) is 4.14. The number of carboxylic acids is 2. The minimum atomic E-state index is -1.20. The molecule has 0 bridgehead atoms. The summed E-state index contributed by atoms with van der Waals surface area (Å²) in [6, 6.07) is 15.7. The van der Waals surface area contributed by atoms with Crippen LogP contribution in [0.5, 0.6) is 0 Å². The highest BCUT2D eigenvalue weighted by Gasteiger charge is 2.36. The van der Waals surface area contributed by atoms with Crippen molar-refractivity contribution < 1.29 is 24.6 Å². The Morgan fingerprint density at radius 1 is 0.946 bits per heavy atom. The van der Waals surface area contributed by atoms with Crippen LogP contribution in [0.15, 0.2) is 58.2 Å². The number of thioether (sulfide) groups is 2. The number of carbonyl (C=O) groups is 3. The van der Waals surface area contributed by atoms with Crippen LogP contribution in [0.2, 0.25) is 0 Å². The first kappa shape index (κ1) is 43.5. The quantitative estimate of drug-likeness (QED) is 0.0613. The SMILES string of the molecule is [CH]CCCCCCCCCSc1ccc(N2c3ccc(C=CC=c4s/c(=C5/SC(=S)N(CCCCC(=O)O)C5=O)n(CC(=O)O)c4=O)cc3C(CC)C2C)cc1. The molecule has 2 radical (unpaired) electrons. The van der Waals surface area contributed by atoms with Gasteiger partial charge in [0, 0.05) is 41.2 Å². The lowest BCUT2D eigenvalue weighted by Crippen LogP contribution is -2.35. The average molecular weight is 834 g/mol. The zero-order valence-electron chi connectivity index (χ0n) is 32.1. The van der Waals surface area contributed by atoms with Crippen LogP contribution in [0.25, 0.3) is 17.1 Å². The molecular formula is C43H51N3O6S4. The van der Waals surface area contributed by atoms with E-state index < -0.39 is 29.9 Å². The Morgan fingerprint density at radius 3 is 2.34 bits per heavy atom.